The third kappa shape index (κ3) is 10.4. The van der Waals surface area contributed by atoms with E-state index in [9.17, 15) is 4.79 Å². The maximum Gasteiger partial charge on any atom is 0.410 e. The Balaban J connectivity index is 5.15. The van der Waals surface area contributed by atoms with Gasteiger partial charge in [-0.25, -0.2) is 4.79 Å². The molecule has 162 valence electrons. The molecule has 0 fully saturated rings. The highest BCUT2D eigenvalue weighted by Gasteiger charge is 2.35. The van der Waals surface area contributed by atoms with Crippen molar-refractivity contribution in [1.82, 2.24) is 4.90 Å². The number of nitrogens with zero attached hydrogens (tertiary/aromatic N) is 1. The van der Waals surface area contributed by atoms with Gasteiger partial charge in [0.25, 0.3) is 0 Å². The predicted molar refractivity (Wildman–Crippen MR) is 118 cm³/mol. The van der Waals surface area contributed by atoms with Crippen LogP contribution in [-0.2, 0) is 4.74 Å². The van der Waals surface area contributed by atoms with E-state index in [1.54, 1.807) is 0 Å². The van der Waals surface area contributed by atoms with Crippen LogP contribution < -0.4 is 0 Å². The summed E-state index contributed by atoms with van der Waals surface area (Å²) in [5.74, 6) is 1.71. The fourth-order valence-corrected chi connectivity index (χ4v) is 4.19. The highest BCUT2D eigenvalue weighted by molar-refractivity contribution is 5.69. The molecule has 3 nitrogen and oxygen atoms in total. The van der Waals surface area contributed by atoms with Crippen molar-refractivity contribution in [3.8, 4) is 0 Å². The molecule has 0 aromatic carbocycles. The topological polar surface area (TPSA) is 29.5 Å². The van der Waals surface area contributed by atoms with E-state index in [1.807, 2.05) is 4.90 Å². The zero-order valence-electron chi connectivity index (χ0n) is 20.1. The van der Waals surface area contributed by atoms with Gasteiger partial charge >= 0.3 is 6.09 Å². The fraction of sp³-hybridized carbons (Fsp3) is 0.958. The lowest BCUT2D eigenvalue weighted by Crippen LogP contribution is -2.51. The highest BCUT2D eigenvalue weighted by atomic mass is 16.6. The molecule has 1 amide bonds. The summed E-state index contributed by atoms with van der Waals surface area (Å²) in [7, 11) is 0. The Morgan fingerprint density at radius 2 is 1.52 bits per heavy atom. The van der Waals surface area contributed by atoms with E-state index in [1.165, 1.54) is 25.7 Å². The third-order valence-corrected chi connectivity index (χ3v) is 5.37. The first kappa shape index (κ1) is 26.3. The normalized spacial score (nSPS) is 14.7. The first-order valence-corrected chi connectivity index (χ1v) is 11.4. The number of ether oxygens (including phenoxy) is 1. The van der Waals surface area contributed by atoms with E-state index in [0.717, 1.165) is 19.4 Å². The van der Waals surface area contributed by atoms with Crippen molar-refractivity contribution in [2.75, 3.05) is 6.54 Å². The third-order valence-electron chi connectivity index (χ3n) is 5.37. The lowest BCUT2D eigenvalue weighted by Gasteiger charge is -2.41. The molecular weight excluding hydrogens is 334 g/mol. The summed E-state index contributed by atoms with van der Waals surface area (Å²) in [6.45, 7) is 22.7. The number of amides is 1. The van der Waals surface area contributed by atoms with Crippen molar-refractivity contribution in [1.29, 1.82) is 0 Å². The Kier molecular flexibility index (Phi) is 12.3. The van der Waals surface area contributed by atoms with Crippen molar-refractivity contribution in [2.24, 2.45) is 23.7 Å². The van der Waals surface area contributed by atoms with Crippen molar-refractivity contribution in [3.63, 3.8) is 0 Å². The second-order valence-corrected chi connectivity index (χ2v) is 10.3. The second-order valence-electron chi connectivity index (χ2n) is 10.3. The van der Waals surface area contributed by atoms with Crippen LogP contribution in [0.3, 0.4) is 0 Å². The van der Waals surface area contributed by atoms with Crippen molar-refractivity contribution >= 4 is 6.09 Å². The van der Waals surface area contributed by atoms with Crippen LogP contribution in [0.25, 0.3) is 0 Å². The zero-order chi connectivity index (χ0) is 21.2. The molecule has 0 aliphatic carbocycles. The second kappa shape index (κ2) is 12.7. The Morgan fingerprint density at radius 3 is 1.96 bits per heavy atom. The highest BCUT2D eigenvalue weighted by Crippen LogP contribution is 2.28. The summed E-state index contributed by atoms with van der Waals surface area (Å²) in [5.41, 5.74) is -0.193. The Morgan fingerprint density at radius 1 is 0.926 bits per heavy atom. The van der Waals surface area contributed by atoms with Crippen LogP contribution in [0.5, 0.6) is 0 Å². The van der Waals surface area contributed by atoms with Gasteiger partial charge in [0, 0.05) is 12.1 Å². The van der Waals surface area contributed by atoms with Crippen molar-refractivity contribution in [3.05, 3.63) is 0 Å². The molecule has 0 saturated heterocycles. The molecule has 0 bridgehead atoms. The fourth-order valence-electron chi connectivity index (χ4n) is 4.19. The predicted octanol–water partition coefficient (Wildman–Crippen LogP) is 7.54. The lowest BCUT2D eigenvalue weighted by atomic mass is 9.89. The minimum absolute atomic E-state index is 0.0105. The average molecular weight is 384 g/mol. The van der Waals surface area contributed by atoms with Crippen LogP contribution in [-0.4, -0.2) is 29.2 Å². The van der Waals surface area contributed by atoms with Crippen molar-refractivity contribution < 1.29 is 9.53 Å². The molecule has 0 radical (unpaired) electrons. The number of carbonyl (C=O) groups is 1. The van der Waals surface area contributed by atoms with Crippen LogP contribution in [0.4, 0.5) is 4.79 Å². The van der Waals surface area contributed by atoms with E-state index < -0.39 is 0 Å². The standard InChI is InChI=1S/C24H49NO2/c1-11-12-13-14-15-21(8)22(20(6)7)27-23(26)25(17-19(4)5)24(9,10)16-18(2)3/h18-22H,11-17H2,1-10H3. The minimum Gasteiger partial charge on any atom is -0.446 e. The molecule has 0 aliphatic rings. The van der Waals surface area contributed by atoms with E-state index in [4.69, 9.17) is 4.74 Å². The van der Waals surface area contributed by atoms with Crippen LogP contribution in [0, 0.1) is 23.7 Å². The Bertz CT molecular complexity index is 401. The van der Waals surface area contributed by atoms with Gasteiger partial charge in [-0.1, -0.05) is 81.1 Å². The average Bonchev–Trinajstić information content (AvgIpc) is 2.52. The Hall–Kier alpha value is -0.730. The first-order valence-electron chi connectivity index (χ1n) is 11.4. The van der Waals surface area contributed by atoms with Crippen LogP contribution in [0.15, 0.2) is 0 Å². The van der Waals surface area contributed by atoms with Gasteiger partial charge in [0.15, 0.2) is 0 Å². The molecule has 0 saturated carbocycles. The monoisotopic (exact) mass is 383 g/mol. The molecule has 0 aromatic heterocycles. The maximum absolute atomic E-state index is 13.2. The molecule has 3 heteroatoms. The molecule has 27 heavy (non-hydrogen) atoms. The molecule has 0 rings (SSSR count). The molecular formula is C24H49NO2. The summed E-state index contributed by atoms with van der Waals surface area (Å²) in [6.07, 6.45) is 7.03. The van der Waals surface area contributed by atoms with Gasteiger partial charge < -0.3 is 9.64 Å². The molecule has 2 unspecified atom stereocenters. The number of unbranched alkanes of at least 4 members (excludes halogenated alkanes) is 3. The number of hydrogen-bond acceptors (Lipinski definition) is 2. The van der Waals surface area contributed by atoms with E-state index >= 15 is 0 Å². The van der Waals surface area contributed by atoms with Gasteiger partial charge in [0.2, 0.25) is 0 Å². The van der Waals surface area contributed by atoms with Gasteiger partial charge in [-0.15, -0.1) is 0 Å². The number of carbonyl (C=O) groups excluding carboxylic acids is 1. The molecule has 0 heterocycles. The van der Waals surface area contributed by atoms with Crippen LogP contribution >= 0.6 is 0 Å². The van der Waals surface area contributed by atoms with Crippen molar-refractivity contribution in [2.45, 2.75) is 119 Å². The van der Waals surface area contributed by atoms with Crippen LogP contribution in [0.1, 0.15) is 108 Å². The van der Waals surface area contributed by atoms with E-state index in [-0.39, 0.29) is 17.7 Å². The smallest absolute Gasteiger partial charge is 0.410 e. The Labute approximate surface area is 170 Å². The lowest BCUT2D eigenvalue weighted by molar-refractivity contribution is -0.0120. The number of rotatable bonds is 13. The largest absolute Gasteiger partial charge is 0.446 e. The van der Waals surface area contributed by atoms with Gasteiger partial charge in [-0.05, 0) is 50.4 Å². The summed E-state index contributed by atoms with van der Waals surface area (Å²) in [4.78, 5) is 15.2. The summed E-state index contributed by atoms with van der Waals surface area (Å²) in [6, 6.07) is 0. The summed E-state index contributed by atoms with van der Waals surface area (Å²) in [5, 5.41) is 0. The van der Waals surface area contributed by atoms with Gasteiger partial charge in [0.05, 0.1) is 0 Å². The summed E-state index contributed by atoms with van der Waals surface area (Å²) >= 11 is 0. The first-order chi connectivity index (χ1) is 12.4. The molecule has 0 aromatic rings. The van der Waals surface area contributed by atoms with E-state index in [0.29, 0.717) is 23.7 Å². The van der Waals surface area contributed by atoms with Gasteiger partial charge in [-0.2, -0.15) is 0 Å². The van der Waals surface area contributed by atoms with Gasteiger partial charge in [0.1, 0.15) is 6.10 Å². The SMILES string of the molecule is CCCCCCC(C)C(OC(=O)N(CC(C)C)C(C)(C)CC(C)C)C(C)C. The molecule has 0 aliphatic heterocycles. The molecule has 0 spiro atoms. The maximum atomic E-state index is 13.2. The van der Waals surface area contributed by atoms with Gasteiger partial charge in [-0.3, -0.25) is 0 Å². The quantitative estimate of drug-likeness (QED) is 0.307. The summed E-state index contributed by atoms with van der Waals surface area (Å²) < 4.78 is 6.15. The van der Waals surface area contributed by atoms with E-state index in [2.05, 4.69) is 69.2 Å². The minimum atomic E-state index is -0.193. The number of hydrogen-bond donors (Lipinski definition) is 0. The molecule has 0 N–H and O–H groups in total. The molecule has 2 atom stereocenters. The zero-order valence-corrected chi connectivity index (χ0v) is 20.1. The van der Waals surface area contributed by atoms with Crippen LogP contribution in [0.2, 0.25) is 0 Å².